The van der Waals surface area contributed by atoms with Crippen LogP contribution in [0.5, 0.6) is 5.75 Å². The molecule has 1 saturated heterocycles. The van der Waals surface area contributed by atoms with E-state index in [2.05, 4.69) is 0 Å². The summed E-state index contributed by atoms with van der Waals surface area (Å²) in [6.45, 7) is 2.53. The molecule has 0 amide bonds. The lowest BCUT2D eigenvalue weighted by atomic mass is 10.1. The Morgan fingerprint density at radius 2 is 2.14 bits per heavy atom. The van der Waals surface area contributed by atoms with E-state index >= 15 is 4.39 Å². The number of halogens is 1. The maximum Gasteiger partial charge on any atom is 0.343 e. The molecule has 2 fully saturated rings. The van der Waals surface area contributed by atoms with E-state index < -0.39 is 23.3 Å². The fourth-order valence-corrected chi connectivity index (χ4v) is 4.58. The Kier molecular flexibility index (Phi) is 4.27. The molecule has 2 unspecified atom stereocenters. The zero-order valence-corrected chi connectivity index (χ0v) is 16.2. The zero-order valence-electron chi connectivity index (χ0n) is 16.2. The number of benzene rings is 1. The summed E-state index contributed by atoms with van der Waals surface area (Å²) in [5.74, 6) is -0.947. The maximum atomic E-state index is 15.3. The van der Waals surface area contributed by atoms with Crippen LogP contribution in [0.4, 0.5) is 10.1 Å². The molecule has 8 heteroatoms. The monoisotopic (exact) mass is 402 g/mol. The molecule has 0 radical (unpaired) electrons. The number of ether oxygens (including phenoxy) is 2. The van der Waals surface area contributed by atoms with E-state index in [0.29, 0.717) is 42.9 Å². The number of rotatable bonds is 3. The molecule has 0 bridgehead atoms. The Labute approximate surface area is 166 Å². The van der Waals surface area contributed by atoms with Gasteiger partial charge in [0, 0.05) is 31.2 Å². The maximum absolute atomic E-state index is 15.3. The second-order valence-corrected chi connectivity index (χ2v) is 8.00. The molecule has 1 aromatic carbocycles. The Hall–Kier alpha value is -2.61. The van der Waals surface area contributed by atoms with Crippen molar-refractivity contribution in [2.75, 3.05) is 24.7 Å². The molecule has 7 nitrogen and oxygen atoms in total. The average molecular weight is 402 g/mol. The highest BCUT2D eigenvalue weighted by molar-refractivity contribution is 5.98. The number of hydrogen-bond donors (Lipinski definition) is 1. The molecule has 29 heavy (non-hydrogen) atoms. The summed E-state index contributed by atoms with van der Waals surface area (Å²) in [6.07, 6.45) is 4.08. The van der Waals surface area contributed by atoms with Crippen molar-refractivity contribution in [3.8, 4) is 5.75 Å². The number of fused-ring (bicyclic) bond motifs is 5. The number of nitrogens with zero attached hydrogens (tertiary/aromatic N) is 2. The summed E-state index contributed by atoms with van der Waals surface area (Å²) in [6, 6.07) is 1.33. The second-order valence-electron chi connectivity index (χ2n) is 8.00. The third-order valence-corrected chi connectivity index (χ3v) is 6.01. The minimum absolute atomic E-state index is 0.00176. The van der Waals surface area contributed by atoms with Crippen molar-refractivity contribution < 1.29 is 23.8 Å². The minimum atomic E-state index is -0.701. The topological polar surface area (TPSA) is 81.0 Å². The van der Waals surface area contributed by atoms with Gasteiger partial charge in [-0.05, 0) is 32.3 Å². The zero-order chi connectivity index (χ0) is 20.3. The molecule has 2 aliphatic heterocycles. The van der Waals surface area contributed by atoms with E-state index in [1.807, 2.05) is 9.47 Å². The van der Waals surface area contributed by atoms with Crippen molar-refractivity contribution in [1.29, 1.82) is 0 Å². The number of hydrogen-bond acceptors (Lipinski definition) is 6. The van der Waals surface area contributed by atoms with Crippen LogP contribution in [-0.4, -0.2) is 47.5 Å². The summed E-state index contributed by atoms with van der Waals surface area (Å²) in [4.78, 5) is 27.2. The van der Waals surface area contributed by atoms with Gasteiger partial charge in [0.2, 0.25) is 5.43 Å². The lowest BCUT2D eigenvalue weighted by Crippen LogP contribution is -2.30. The minimum Gasteiger partial charge on any atom is -0.489 e. The van der Waals surface area contributed by atoms with Crippen molar-refractivity contribution in [1.82, 2.24) is 4.57 Å². The van der Waals surface area contributed by atoms with Gasteiger partial charge >= 0.3 is 5.97 Å². The van der Waals surface area contributed by atoms with Gasteiger partial charge in [-0.2, -0.15) is 0 Å². The van der Waals surface area contributed by atoms with Crippen LogP contribution in [0.15, 0.2) is 17.1 Å². The fraction of sp³-hybridized carbons (Fsp3) is 0.524. The summed E-state index contributed by atoms with van der Waals surface area (Å²) >= 11 is 0. The standard InChI is InChI=1S/C21H23FN2O5/c1-2-28-21(27)15-10-24(11-3-4-11)17-14(19(15)26)8-16(22)18-20(17)29-6-5-12-7-13(25)9-23(12)18/h8,10-13,25H,2-7,9H2,1H3. The highest BCUT2D eigenvalue weighted by atomic mass is 19.1. The van der Waals surface area contributed by atoms with Gasteiger partial charge in [-0.1, -0.05) is 0 Å². The summed E-state index contributed by atoms with van der Waals surface area (Å²) < 4.78 is 28.2. The van der Waals surface area contributed by atoms with E-state index in [9.17, 15) is 14.7 Å². The van der Waals surface area contributed by atoms with E-state index in [-0.39, 0.29) is 29.6 Å². The summed E-state index contributed by atoms with van der Waals surface area (Å²) in [7, 11) is 0. The first kappa shape index (κ1) is 18.4. The number of carbonyl (C=O) groups is 1. The Balaban J connectivity index is 1.80. The van der Waals surface area contributed by atoms with Crippen molar-refractivity contribution in [2.45, 2.75) is 50.8 Å². The summed E-state index contributed by atoms with van der Waals surface area (Å²) in [5.41, 5.74) is 0.176. The smallest absolute Gasteiger partial charge is 0.343 e. The number of aromatic nitrogens is 1. The Bertz CT molecular complexity index is 1060. The molecule has 1 saturated carbocycles. The molecule has 1 N–H and O–H groups in total. The first-order valence-electron chi connectivity index (χ1n) is 10.2. The first-order chi connectivity index (χ1) is 14.0. The predicted octanol–water partition coefficient (Wildman–Crippen LogP) is 2.37. The molecule has 0 spiro atoms. The van der Waals surface area contributed by atoms with Gasteiger partial charge in [-0.3, -0.25) is 4.79 Å². The molecule has 3 heterocycles. The van der Waals surface area contributed by atoms with E-state index in [1.165, 1.54) is 12.3 Å². The van der Waals surface area contributed by atoms with E-state index in [1.54, 1.807) is 6.92 Å². The van der Waals surface area contributed by atoms with Gasteiger partial charge < -0.3 is 24.0 Å². The molecular formula is C21H23FN2O5. The molecule has 1 aromatic heterocycles. The van der Waals surface area contributed by atoms with Gasteiger partial charge in [-0.15, -0.1) is 0 Å². The van der Waals surface area contributed by atoms with Crippen molar-refractivity contribution >= 4 is 22.6 Å². The summed E-state index contributed by atoms with van der Waals surface area (Å²) in [5, 5.41) is 10.2. The molecule has 154 valence electrons. The normalized spacial score (nSPS) is 23.3. The first-order valence-corrected chi connectivity index (χ1v) is 10.2. The number of anilines is 1. The highest BCUT2D eigenvalue weighted by Crippen LogP contribution is 2.46. The molecule has 2 atom stereocenters. The van der Waals surface area contributed by atoms with E-state index in [0.717, 1.165) is 12.8 Å². The van der Waals surface area contributed by atoms with Crippen LogP contribution in [0.3, 0.4) is 0 Å². The lowest BCUT2D eigenvalue weighted by molar-refractivity contribution is 0.0524. The lowest BCUT2D eigenvalue weighted by Gasteiger charge is -2.26. The van der Waals surface area contributed by atoms with Gasteiger partial charge in [0.05, 0.1) is 30.2 Å². The Morgan fingerprint density at radius 1 is 1.34 bits per heavy atom. The van der Waals surface area contributed by atoms with Crippen LogP contribution < -0.4 is 15.1 Å². The molecule has 1 aliphatic carbocycles. The van der Waals surface area contributed by atoms with Crippen molar-refractivity contribution in [3.05, 3.63) is 33.9 Å². The quantitative estimate of drug-likeness (QED) is 0.794. The number of aliphatic hydroxyl groups excluding tert-OH is 1. The van der Waals surface area contributed by atoms with Crippen molar-refractivity contribution in [3.63, 3.8) is 0 Å². The van der Waals surface area contributed by atoms with E-state index in [4.69, 9.17) is 9.47 Å². The number of carbonyl (C=O) groups excluding carboxylic acids is 1. The number of pyridine rings is 1. The molecule has 3 aliphatic rings. The van der Waals surface area contributed by atoms with Crippen LogP contribution in [0, 0.1) is 5.82 Å². The van der Waals surface area contributed by atoms with Crippen LogP contribution in [0.2, 0.25) is 0 Å². The van der Waals surface area contributed by atoms with Crippen LogP contribution in [-0.2, 0) is 4.74 Å². The SMILES string of the molecule is CCOC(=O)c1cn(C2CC2)c2c3c(c(F)cc2c1=O)N1CC(O)CC1CCO3. The Morgan fingerprint density at radius 3 is 2.86 bits per heavy atom. The van der Waals surface area contributed by atoms with Gasteiger partial charge in [-0.25, -0.2) is 9.18 Å². The number of esters is 1. The van der Waals surface area contributed by atoms with Crippen LogP contribution >= 0.6 is 0 Å². The number of aliphatic hydroxyl groups is 1. The average Bonchev–Trinajstić information content (AvgIpc) is 3.47. The van der Waals surface area contributed by atoms with Gasteiger partial charge in [0.25, 0.3) is 0 Å². The van der Waals surface area contributed by atoms with Gasteiger partial charge in [0.1, 0.15) is 11.3 Å². The van der Waals surface area contributed by atoms with Gasteiger partial charge in [0.15, 0.2) is 11.6 Å². The predicted molar refractivity (Wildman–Crippen MR) is 104 cm³/mol. The van der Waals surface area contributed by atoms with Crippen molar-refractivity contribution in [2.24, 2.45) is 0 Å². The second kappa shape index (κ2) is 6.73. The molecular weight excluding hydrogens is 379 g/mol. The third kappa shape index (κ3) is 2.88. The van der Waals surface area contributed by atoms with Crippen LogP contribution in [0.1, 0.15) is 49.0 Å². The highest BCUT2D eigenvalue weighted by Gasteiger charge is 2.38. The molecule has 2 aromatic rings. The third-order valence-electron chi connectivity index (χ3n) is 6.01. The van der Waals surface area contributed by atoms with Crippen LogP contribution in [0.25, 0.3) is 10.9 Å². The largest absolute Gasteiger partial charge is 0.489 e. The molecule has 5 rings (SSSR count). The fourth-order valence-electron chi connectivity index (χ4n) is 4.58.